The van der Waals surface area contributed by atoms with E-state index < -0.39 is 0 Å². The van der Waals surface area contributed by atoms with E-state index in [0.29, 0.717) is 5.82 Å². The number of carbonyl (C=O) groups is 1. The van der Waals surface area contributed by atoms with Crippen LogP contribution in [0, 0.1) is 5.92 Å². The van der Waals surface area contributed by atoms with Crippen molar-refractivity contribution in [3.8, 4) is 0 Å². The Bertz CT molecular complexity index is 709. The van der Waals surface area contributed by atoms with Crippen LogP contribution in [0.5, 0.6) is 0 Å². The average molecular weight is 308 g/mol. The largest absolute Gasteiger partial charge is 0.350 e. The minimum atomic E-state index is 0.0743. The van der Waals surface area contributed by atoms with Gasteiger partial charge in [-0.15, -0.1) is 10.2 Å². The maximum Gasteiger partial charge on any atom is 0.228 e. The number of nitrogens with one attached hydrogen (secondary N) is 1. The summed E-state index contributed by atoms with van der Waals surface area (Å²) in [5, 5.41) is 11.3. The predicted molar refractivity (Wildman–Crippen MR) is 89.2 cm³/mol. The van der Waals surface area contributed by atoms with Crippen LogP contribution in [0.15, 0.2) is 36.4 Å². The van der Waals surface area contributed by atoms with Gasteiger partial charge in [-0.25, -0.2) is 0 Å². The molecule has 4 rings (SSSR count). The van der Waals surface area contributed by atoms with Gasteiger partial charge in [-0.1, -0.05) is 30.7 Å². The van der Waals surface area contributed by atoms with Gasteiger partial charge in [0.1, 0.15) is 0 Å². The Balaban J connectivity index is 1.43. The number of aromatic nitrogens is 2. The van der Waals surface area contributed by atoms with E-state index in [1.165, 1.54) is 11.1 Å². The van der Waals surface area contributed by atoms with Gasteiger partial charge in [-0.05, 0) is 42.5 Å². The van der Waals surface area contributed by atoms with Gasteiger partial charge in [0.15, 0.2) is 11.6 Å². The van der Waals surface area contributed by atoms with E-state index in [-0.39, 0.29) is 11.8 Å². The predicted octanol–water partition coefficient (Wildman–Crippen LogP) is 2.78. The number of rotatable bonds is 3. The molecule has 5 nitrogen and oxygen atoms in total. The third kappa shape index (κ3) is 2.91. The molecule has 0 bridgehead atoms. The fourth-order valence-electron chi connectivity index (χ4n) is 3.15. The minimum Gasteiger partial charge on any atom is -0.350 e. The molecule has 1 amide bonds. The van der Waals surface area contributed by atoms with Crippen molar-refractivity contribution < 1.29 is 4.79 Å². The average Bonchev–Trinajstić information content (AvgIpc) is 2.53. The van der Waals surface area contributed by atoms with Crippen LogP contribution in [0.25, 0.3) is 0 Å². The molecule has 1 N–H and O–H groups in total. The third-order valence-electron chi connectivity index (χ3n) is 4.83. The fourth-order valence-corrected chi connectivity index (χ4v) is 3.15. The molecule has 2 heterocycles. The number of anilines is 2. The summed E-state index contributed by atoms with van der Waals surface area (Å²) >= 11 is 0. The molecule has 0 unspecified atom stereocenters. The summed E-state index contributed by atoms with van der Waals surface area (Å²) in [5.74, 6) is 1.64. The van der Waals surface area contributed by atoms with Crippen LogP contribution in [0.3, 0.4) is 0 Å². The Kier molecular flexibility index (Phi) is 3.69. The van der Waals surface area contributed by atoms with Crippen molar-refractivity contribution >= 4 is 17.5 Å². The van der Waals surface area contributed by atoms with Crippen molar-refractivity contribution in [3.05, 3.63) is 47.5 Å². The highest BCUT2D eigenvalue weighted by atomic mass is 16.2. The quantitative estimate of drug-likeness (QED) is 0.947. The van der Waals surface area contributed by atoms with Gasteiger partial charge < -0.3 is 10.2 Å². The van der Waals surface area contributed by atoms with E-state index in [0.717, 1.165) is 44.6 Å². The lowest BCUT2D eigenvalue weighted by atomic mass is 9.85. The standard InChI is InChI=1S/C18H20N4O/c23-18(14-6-3-7-14)19-16-8-9-17(21-20-16)22-11-10-13-4-1-2-5-15(13)12-22/h1-2,4-5,8-9,14H,3,6-7,10-12H2,(H,19,20,23). The first kappa shape index (κ1) is 14.2. The molecule has 2 aromatic rings. The number of amides is 1. The maximum atomic E-state index is 11.9. The SMILES string of the molecule is O=C(Nc1ccc(N2CCc3ccccc3C2)nn1)C1CCC1. The molecule has 23 heavy (non-hydrogen) atoms. The number of nitrogens with zero attached hydrogens (tertiary/aromatic N) is 3. The molecule has 0 spiro atoms. The second-order valence-corrected chi connectivity index (χ2v) is 6.33. The van der Waals surface area contributed by atoms with Crippen molar-refractivity contribution in [1.29, 1.82) is 0 Å². The molecule has 1 aromatic heterocycles. The molecule has 118 valence electrons. The van der Waals surface area contributed by atoms with E-state index in [1.807, 2.05) is 12.1 Å². The van der Waals surface area contributed by atoms with E-state index in [2.05, 4.69) is 44.7 Å². The summed E-state index contributed by atoms with van der Waals surface area (Å²) in [6.45, 7) is 1.80. The second-order valence-electron chi connectivity index (χ2n) is 6.33. The molecule has 0 radical (unpaired) electrons. The lowest BCUT2D eigenvalue weighted by Crippen LogP contribution is -2.31. The zero-order valence-corrected chi connectivity index (χ0v) is 13.0. The molecule has 1 aliphatic carbocycles. The fraction of sp³-hybridized carbons (Fsp3) is 0.389. The van der Waals surface area contributed by atoms with E-state index in [1.54, 1.807) is 0 Å². The second kappa shape index (κ2) is 5.99. The molecule has 1 saturated carbocycles. The summed E-state index contributed by atoms with van der Waals surface area (Å²) < 4.78 is 0. The van der Waals surface area contributed by atoms with Crippen LogP contribution in [-0.4, -0.2) is 22.6 Å². The zero-order chi connectivity index (χ0) is 15.6. The van der Waals surface area contributed by atoms with E-state index in [4.69, 9.17) is 0 Å². The molecule has 2 aliphatic rings. The summed E-state index contributed by atoms with van der Waals surface area (Å²) in [6.07, 6.45) is 4.16. The van der Waals surface area contributed by atoms with Gasteiger partial charge in [0, 0.05) is 19.0 Å². The number of benzene rings is 1. The van der Waals surface area contributed by atoms with Gasteiger partial charge in [-0.2, -0.15) is 0 Å². The summed E-state index contributed by atoms with van der Waals surface area (Å²) in [5.41, 5.74) is 2.77. The van der Waals surface area contributed by atoms with E-state index >= 15 is 0 Å². The van der Waals surface area contributed by atoms with Crippen LogP contribution in [-0.2, 0) is 17.8 Å². The van der Waals surface area contributed by atoms with Crippen molar-refractivity contribution in [2.45, 2.75) is 32.2 Å². The molecule has 0 saturated heterocycles. The molecule has 1 fully saturated rings. The van der Waals surface area contributed by atoms with Crippen molar-refractivity contribution in [2.75, 3.05) is 16.8 Å². The Hall–Kier alpha value is -2.43. The normalized spacial score (nSPS) is 17.3. The number of carbonyl (C=O) groups excluding carboxylic acids is 1. The number of fused-ring (bicyclic) bond motifs is 1. The van der Waals surface area contributed by atoms with Crippen LogP contribution in [0.4, 0.5) is 11.6 Å². The van der Waals surface area contributed by atoms with Gasteiger partial charge >= 0.3 is 0 Å². The Morgan fingerprint density at radius 2 is 1.91 bits per heavy atom. The van der Waals surface area contributed by atoms with Crippen molar-refractivity contribution in [3.63, 3.8) is 0 Å². The lowest BCUT2D eigenvalue weighted by Gasteiger charge is -2.29. The molecular weight excluding hydrogens is 288 g/mol. The first-order chi connectivity index (χ1) is 11.3. The van der Waals surface area contributed by atoms with Crippen LogP contribution in [0.1, 0.15) is 30.4 Å². The Morgan fingerprint density at radius 3 is 2.61 bits per heavy atom. The lowest BCUT2D eigenvalue weighted by molar-refractivity contribution is -0.122. The smallest absolute Gasteiger partial charge is 0.228 e. The summed E-state index contributed by atoms with van der Waals surface area (Å²) in [4.78, 5) is 14.2. The summed E-state index contributed by atoms with van der Waals surface area (Å²) in [6, 6.07) is 12.3. The van der Waals surface area contributed by atoms with Crippen LogP contribution in [0.2, 0.25) is 0 Å². The Morgan fingerprint density at radius 1 is 1.09 bits per heavy atom. The Labute approximate surface area is 135 Å². The van der Waals surface area contributed by atoms with Gasteiger partial charge in [0.2, 0.25) is 5.91 Å². The minimum absolute atomic E-state index is 0.0743. The van der Waals surface area contributed by atoms with Crippen molar-refractivity contribution in [1.82, 2.24) is 10.2 Å². The summed E-state index contributed by atoms with van der Waals surface area (Å²) in [7, 11) is 0. The maximum absolute atomic E-state index is 11.9. The zero-order valence-electron chi connectivity index (χ0n) is 13.0. The van der Waals surface area contributed by atoms with Gasteiger partial charge in [0.25, 0.3) is 0 Å². The number of hydrogen-bond acceptors (Lipinski definition) is 4. The van der Waals surface area contributed by atoms with Gasteiger partial charge in [0.05, 0.1) is 0 Å². The molecule has 1 aliphatic heterocycles. The molecular formula is C18H20N4O. The van der Waals surface area contributed by atoms with Crippen LogP contribution >= 0.6 is 0 Å². The molecule has 0 atom stereocenters. The van der Waals surface area contributed by atoms with Crippen LogP contribution < -0.4 is 10.2 Å². The molecule has 5 heteroatoms. The first-order valence-corrected chi connectivity index (χ1v) is 8.26. The number of hydrogen-bond donors (Lipinski definition) is 1. The highest BCUT2D eigenvalue weighted by molar-refractivity contribution is 5.92. The monoisotopic (exact) mass is 308 g/mol. The highest BCUT2D eigenvalue weighted by Crippen LogP contribution is 2.27. The van der Waals surface area contributed by atoms with Gasteiger partial charge in [-0.3, -0.25) is 4.79 Å². The highest BCUT2D eigenvalue weighted by Gasteiger charge is 2.25. The van der Waals surface area contributed by atoms with E-state index in [9.17, 15) is 4.79 Å². The first-order valence-electron chi connectivity index (χ1n) is 8.26. The van der Waals surface area contributed by atoms with Crippen molar-refractivity contribution in [2.24, 2.45) is 5.92 Å². The molecule has 1 aromatic carbocycles. The topological polar surface area (TPSA) is 58.1 Å². The third-order valence-corrected chi connectivity index (χ3v) is 4.83.